The zero-order valence-corrected chi connectivity index (χ0v) is 13.2. The summed E-state index contributed by atoms with van der Waals surface area (Å²) in [6.07, 6.45) is 3.62. The molecule has 0 N–H and O–H groups in total. The van der Waals surface area contributed by atoms with Crippen molar-refractivity contribution in [3.63, 3.8) is 0 Å². The predicted molar refractivity (Wildman–Crippen MR) is 86.7 cm³/mol. The maximum absolute atomic E-state index is 12.9. The number of hydrogen-bond donors (Lipinski definition) is 0. The summed E-state index contributed by atoms with van der Waals surface area (Å²) in [5.41, 5.74) is 4.29. The monoisotopic (exact) mass is 307 g/mol. The highest BCUT2D eigenvalue weighted by molar-refractivity contribution is 6.04. The molecule has 0 atom stereocenters. The van der Waals surface area contributed by atoms with Gasteiger partial charge in [-0.1, -0.05) is 17.7 Å². The van der Waals surface area contributed by atoms with E-state index in [2.05, 4.69) is 28.1 Å². The van der Waals surface area contributed by atoms with Crippen molar-refractivity contribution in [1.29, 1.82) is 0 Å². The number of fused-ring (bicyclic) bond motifs is 2. The average molecular weight is 307 g/mol. The molecule has 0 unspecified atom stereocenters. The van der Waals surface area contributed by atoms with E-state index in [1.807, 2.05) is 25.1 Å². The Balaban J connectivity index is 1.76. The summed E-state index contributed by atoms with van der Waals surface area (Å²) in [6.45, 7) is 4.67. The van der Waals surface area contributed by atoms with Crippen LogP contribution in [0.5, 0.6) is 0 Å². The number of anilines is 1. The molecule has 116 valence electrons. The van der Waals surface area contributed by atoms with Gasteiger partial charge in [-0.05, 0) is 44.4 Å². The normalized spacial score (nSPS) is 14.1. The molecule has 1 aliphatic heterocycles. The third-order valence-electron chi connectivity index (χ3n) is 4.22. The highest BCUT2D eigenvalue weighted by Crippen LogP contribution is 2.28. The van der Waals surface area contributed by atoms with Crippen LogP contribution in [0.4, 0.5) is 5.69 Å². The lowest BCUT2D eigenvalue weighted by Gasteiger charge is -2.28. The zero-order valence-electron chi connectivity index (χ0n) is 13.2. The quantitative estimate of drug-likeness (QED) is 0.692. The molecular weight excluding hydrogens is 290 g/mol. The fourth-order valence-electron chi connectivity index (χ4n) is 3.05. The first-order valence-corrected chi connectivity index (χ1v) is 7.73. The standard InChI is InChI=1S/C17H17N5O/c1-11-5-6-14-13(10-11)4-3-9-21(14)16(23)15-19-17-18-8-7-12(2)22(17)20-15/h5-8,10H,3-4,9H2,1-2H3. The first kappa shape index (κ1) is 13.9. The molecule has 2 aromatic heterocycles. The van der Waals surface area contributed by atoms with Gasteiger partial charge in [0.25, 0.3) is 11.7 Å². The Labute approximate surface area is 133 Å². The SMILES string of the molecule is Cc1ccc2c(c1)CCCN2C(=O)c1nc2nccc(C)n2n1. The van der Waals surface area contributed by atoms with Gasteiger partial charge in [-0.3, -0.25) is 4.79 Å². The minimum atomic E-state index is -0.167. The van der Waals surface area contributed by atoms with Gasteiger partial charge in [0.05, 0.1) is 0 Å². The molecule has 6 heteroatoms. The van der Waals surface area contributed by atoms with Crippen LogP contribution in [-0.4, -0.2) is 32.0 Å². The topological polar surface area (TPSA) is 63.4 Å². The van der Waals surface area contributed by atoms with Crippen LogP contribution in [0.25, 0.3) is 5.78 Å². The van der Waals surface area contributed by atoms with Crippen molar-refractivity contribution in [2.24, 2.45) is 0 Å². The Morgan fingerprint density at radius 3 is 2.91 bits per heavy atom. The third kappa shape index (κ3) is 2.27. The lowest BCUT2D eigenvalue weighted by Crippen LogP contribution is -2.36. The van der Waals surface area contributed by atoms with Crippen LogP contribution in [0, 0.1) is 13.8 Å². The zero-order chi connectivity index (χ0) is 16.0. The minimum absolute atomic E-state index is 0.167. The Bertz CT molecular complexity index is 914. The molecule has 0 saturated carbocycles. The van der Waals surface area contributed by atoms with Crippen molar-refractivity contribution in [2.75, 3.05) is 11.4 Å². The van der Waals surface area contributed by atoms with Gasteiger partial charge >= 0.3 is 0 Å². The van der Waals surface area contributed by atoms with E-state index in [1.54, 1.807) is 15.6 Å². The van der Waals surface area contributed by atoms with Crippen molar-refractivity contribution in [1.82, 2.24) is 19.6 Å². The Morgan fingerprint density at radius 2 is 2.09 bits per heavy atom. The number of carbonyl (C=O) groups excluding carboxylic acids is 1. The number of rotatable bonds is 1. The number of carbonyl (C=O) groups is 1. The second-order valence-corrected chi connectivity index (χ2v) is 5.93. The highest BCUT2D eigenvalue weighted by atomic mass is 16.2. The van der Waals surface area contributed by atoms with Crippen LogP contribution in [-0.2, 0) is 6.42 Å². The Kier molecular flexibility index (Phi) is 3.11. The van der Waals surface area contributed by atoms with E-state index >= 15 is 0 Å². The molecule has 1 aliphatic rings. The molecular formula is C17H17N5O. The molecule has 1 aromatic carbocycles. The molecule has 3 aromatic rings. The Morgan fingerprint density at radius 1 is 1.22 bits per heavy atom. The summed E-state index contributed by atoms with van der Waals surface area (Å²) < 4.78 is 1.60. The molecule has 1 amide bonds. The Hall–Kier alpha value is -2.76. The highest BCUT2D eigenvalue weighted by Gasteiger charge is 2.26. The second-order valence-electron chi connectivity index (χ2n) is 5.93. The van der Waals surface area contributed by atoms with Gasteiger partial charge in [-0.15, -0.1) is 5.10 Å². The maximum atomic E-state index is 12.9. The van der Waals surface area contributed by atoms with E-state index in [1.165, 1.54) is 11.1 Å². The van der Waals surface area contributed by atoms with E-state index in [4.69, 9.17) is 0 Å². The number of amides is 1. The van der Waals surface area contributed by atoms with Crippen molar-refractivity contribution >= 4 is 17.4 Å². The number of hydrogen-bond acceptors (Lipinski definition) is 4. The van der Waals surface area contributed by atoms with Gasteiger partial charge in [0.15, 0.2) is 0 Å². The van der Waals surface area contributed by atoms with Gasteiger partial charge in [0.1, 0.15) is 0 Å². The molecule has 0 saturated heterocycles. The lowest BCUT2D eigenvalue weighted by atomic mass is 9.99. The number of nitrogens with zero attached hydrogens (tertiary/aromatic N) is 5. The first-order valence-electron chi connectivity index (χ1n) is 7.73. The number of benzene rings is 1. The van der Waals surface area contributed by atoms with Crippen LogP contribution in [0.1, 0.15) is 33.9 Å². The molecule has 4 rings (SSSR count). The smallest absolute Gasteiger partial charge is 0.298 e. The molecule has 0 radical (unpaired) electrons. The van der Waals surface area contributed by atoms with E-state index < -0.39 is 0 Å². The van der Waals surface area contributed by atoms with Gasteiger partial charge in [-0.25, -0.2) is 9.50 Å². The fraction of sp³-hybridized carbons (Fsp3) is 0.294. The largest absolute Gasteiger partial charge is 0.305 e. The summed E-state index contributed by atoms with van der Waals surface area (Å²) in [5, 5.41) is 4.33. The summed E-state index contributed by atoms with van der Waals surface area (Å²) in [4.78, 5) is 23.1. The van der Waals surface area contributed by atoms with Crippen molar-refractivity contribution < 1.29 is 4.79 Å². The van der Waals surface area contributed by atoms with Crippen LogP contribution >= 0.6 is 0 Å². The maximum Gasteiger partial charge on any atom is 0.298 e. The molecule has 3 heterocycles. The van der Waals surface area contributed by atoms with Gasteiger partial charge in [0, 0.05) is 24.1 Å². The number of aromatic nitrogens is 4. The van der Waals surface area contributed by atoms with Crippen LogP contribution in [0.2, 0.25) is 0 Å². The molecule has 6 nitrogen and oxygen atoms in total. The molecule has 0 aliphatic carbocycles. The van der Waals surface area contributed by atoms with Crippen LogP contribution in [0.15, 0.2) is 30.5 Å². The average Bonchev–Trinajstić information content (AvgIpc) is 2.99. The lowest BCUT2D eigenvalue weighted by molar-refractivity contribution is 0.0975. The van der Waals surface area contributed by atoms with Gasteiger partial charge in [0.2, 0.25) is 5.82 Å². The summed E-state index contributed by atoms with van der Waals surface area (Å²) in [6, 6.07) is 8.04. The van der Waals surface area contributed by atoms with E-state index in [-0.39, 0.29) is 11.7 Å². The summed E-state index contributed by atoms with van der Waals surface area (Å²) >= 11 is 0. The molecule has 23 heavy (non-hydrogen) atoms. The van der Waals surface area contributed by atoms with Crippen molar-refractivity contribution in [3.05, 3.63) is 53.1 Å². The van der Waals surface area contributed by atoms with Crippen LogP contribution < -0.4 is 4.90 Å². The fourth-order valence-corrected chi connectivity index (χ4v) is 3.05. The van der Waals surface area contributed by atoms with Crippen molar-refractivity contribution in [2.45, 2.75) is 26.7 Å². The first-order chi connectivity index (χ1) is 11.1. The van der Waals surface area contributed by atoms with Gasteiger partial charge < -0.3 is 4.90 Å². The molecule has 0 fully saturated rings. The summed E-state index contributed by atoms with van der Waals surface area (Å²) in [7, 11) is 0. The van der Waals surface area contributed by atoms with Crippen LogP contribution in [0.3, 0.4) is 0 Å². The summed E-state index contributed by atoms with van der Waals surface area (Å²) in [5.74, 6) is 0.481. The number of aryl methyl sites for hydroxylation is 3. The predicted octanol–water partition coefficient (Wildman–Crippen LogP) is 2.33. The minimum Gasteiger partial charge on any atom is -0.305 e. The molecule has 0 bridgehead atoms. The van der Waals surface area contributed by atoms with E-state index in [0.717, 1.165) is 24.2 Å². The van der Waals surface area contributed by atoms with Crippen molar-refractivity contribution in [3.8, 4) is 0 Å². The van der Waals surface area contributed by atoms with E-state index in [0.29, 0.717) is 12.3 Å². The molecule has 0 spiro atoms. The third-order valence-corrected chi connectivity index (χ3v) is 4.22. The van der Waals surface area contributed by atoms with E-state index in [9.17, 15) is 4.79 Å². The second kappa shape index (κ2) is 5.15. The van der Waals surface area contributed by atoms with Gasteiger partial charge in [-0.2, -0.15) is 4.98 Å².